The number of hydrogen-bond acceptors (Lipinski definition) is 3. The first-order valence-electron chi connectivity index (χ1n) is 3.57. The van der Waals surface area contributed by atoms with Gasteiger partial charge in [-0.15, -0.1) is 0 Å². The number of nitrogens with zero attached hydrogens (tertiary/aromatic N) is 3. The number of hydrogen-bond donors (Lipinski definition) is 0. The fourth-order valence-corrected chi connectivity index (χ4v) is 1.01. The highest BCUT2D eigenvalue weighted by Gasteiger charge is 2.01. The summed E-state index contributed by atoms with van der Waals surface area (Å²) < 4.78 is 1.77. The summed E-state index contributed by atoms with van der Waals surface area (Å²) in [5, 5.41) is 0. The third kappa shape index (κ3) is 0.972. The van der Waals surface area contributed by atoms with E-state index >= 15 is 0 Å². The van der Waals surface area contributed by atoms with E-state index in [4.69, 9.17) is 0 Å². The lowest BCUT2D eigenvalue weighted by Gasteiger charge is -1.95. The molecule has 0 saturated heterocycles. The van der Waals surface area contributed by atoms with Crippen LogP contribution in [-0.4, -0.2) is 20.2 Å². The molecule has 2 aromatic heterocycles. The van der Waals surface area contributed by atoms with E-state index in [1.807, 2.05) is 0 Å². The molecule has 12 heavy (non-hydrogen) atoms. The zero-order chi connectivity index (χ0) is 8.55. The molecule has 0 spiro atoms. The Hall–Kier alpha value is -1.71. The molecule has 0 amide bonds. The molecule has 0 saturated carbocycles. The van der Waals surface area contributed by atoms with Crippen molar-refractivity contribution >= 4 is 11.4 Å². The lowest BCUT2D eigenvalue weighted by Crippen LogP contribution is -1.98. The van der Waals surface area contributed by atoms with Gasteiger partial charge in [0.05, 0.1) is 6.20 Å². The Bertz CT molecular complexity index is 433. The SMILES string of the molecule is CC(=O)c1cn2ccnc2cn1. The molecule has 60 valence electrons. The van der Waals surface area contributed by atoms with E-state index < -0.39 is 0 Å². The van der Waals surface area contributed by atoms with Crippen LogP contribution in [0.3, 0.4) is 0 Å². The first-order chi connectivity index (χ1) is 5.77. The van der Waals surface area contributed by atoms with Gasteiger partial charge >= 0.3 is 0 Å². The first-order valence-corrected chi connectivity index (χ1v) is 3.57. The minimum Gasteiger partial charge on any atom is -0.304 e. The van der Waals surface area contributed by atoms with Crippen LogP contribution in [0.25, 0.3) is 5.65 Å². The van der Waals surface area contributed by atoms with E-state index in [0.717, 1.165) is 5.65 Å². The van der Waals surface area contributed by atoms with Crippen molar-refractivity contribution in [1.82, 2.24) is 14.4 Å². The van der Waals surface area contributed by atoms with Gasteiger partial charge in [-0.2, -0.15) is 0 Å². The highest BCUT2D eigenvalue weighted by Crippen LogP contribution is 2.00. The monoisotopic (exact) mass is 161 g/mol. The smallest absolute Gasteiger partial charge is 0.179 e. The molecule has 0 N–H and O–H groups in total. The van der Waals surface area contributed by atoms with E-state index in [0.29, 0.717) is 5.69 Å². The molecule has 0 aliphatic carbocycles. The van der Waals surface area contributed by atoms with E-state index in [1.165, 1.54) is 6.92 Å². The van der Waals surface area contributed by atoms with Gasteiger partial charge < -0.3 is 4.40 Å². The van der Waals surface area contributed by atoms with Gasteiger partial charge in [0.2, 0.25) is 0 Å². The molecule has 2 heterocycles. The number of Topliss-reactive ketones (excluding diaryl/α,β-unsaturated/α-hetero) is 1. The standard InChI is InChI=1S/C8H7N3O/c1-6(12)7-5-11-3-2-9-8(11)4-10-7/h2-5H,1H3. The fourth-order valence-electron chi connectivity index (χ4n) is 1.01. The molecule has 0 fully saturated rings. The molecule has 0 radical (unpaired) electrons. The van der Waals surface area contributed by atoms with Crippen molar-refractivity contribution < 1.29 is 4.79 Å². The van der Waals surface area contributed by atoms with Gasteiger partial charge in [0.15, 0.2) is 11.4 Å². The second kappa shape index (κ2) is 2.41. The Morgan fingerprint density at radius 1 is 1.50 bits per heavy atom. The predicted octanol–water partition coefficient (Wildman–Crippen LogP) is 0.932. The van der Waals surface area contributed by atoms with Crippen molar-refractivity contribution in [2.24, 2.45) is 0 Å². The topological polar surface area (TPSA) is 47.3 Å². The van der Waals surface area contributed by atoms with Crippen molar-refractivity contribution in [2.75, 3.05) is 0 Å². The Morgan fingerprint density at radius 2 is 2.33 bits per heavy atom. The Kier molecular flexibility index (Phi) is 1.40. The summed E-state index contributed by atoms with van der Waals surface area (Å²) in [7, 11) is 0. The second-order valence-electron chi connectivity index (χ2n) is 2.52. The molecule has 2 rings (SSSR count). The summed E-state index contributed by atoms with van der Waals surface area (Å²) in [6, 6.07) is 0. The number of ketones is 1. The number of carbonyl (C=O) groups excluding carboxylic acids is 1. The number of imidazole rings is 1. The molecule has 0 aliphatic heterocycles. The van der Waals surface area contributed by atoms with Crippen LogP contribution < -0.4 is 0 Å². The van der Waals surface area contributed by atoms with Gasteiger partial charge in [-0.05, 0) is 0 Å². The van der Waals surface area contributed by atoms with E-state index in [2.05, 4.69) is 9.97 Å². The fraction of sp³-hybridized carbons (Fsp3) is 0.125. The van der Waals surface area contributed by atoms with Crippen molar-refractivity contribution in [2.45, 2.75) is 6.92 Å². The molecule has 4 heteroatoms. The molecule has 0 aromatic carbocycles. The minimum atomic E-state index is -0.0365. The molecule has 2 aromatic rings. The van der Waals surface area contributed by atoms with Gasteiger partial charge in [-0.3, -0.25) is 4.79 Å². The van der Waals surface area contributed by atoms with Gasteiger partial charge in [0.1, 0.15) is 5.69 Å². The molecular weight excluding hydrogens is 154 g/mol. The molecule has 0 unspecified atom stereocenters. The minimum absolute atomic E-state index is 0.0365. The number of aromatic nitrogens is 3. The van der Waals surface area contributed by atoms with Crippen LogP contribution in [0.5, 0.6) is 0 Å². The lowest BCUT2D eigenvalue weighted by molar-refractivity contribution is 0.101. The van der Waals surface area contributed by atoms with Crippen LogP contribution in [-0.2, 0) is 0 Å². The molecular formula is C8H7N3O. The largest absolute Gasteiger partial charge is 0.304 e. The molecule has 4 nitrogen and oxygen atoms in total. The summed E-state index contributed by atoms with van der Waals surface area (Å²) in [6.07, 6.45) is 6.70. The summed E-state index contributed by atoms with van der Waals surface area (Å²) in [5.74, 6) is -0.0365. The quantitative estimate of drug-likeness (QED) is 0.584. The zero-order valence-corrected chi connectivity index (χ0v) is 6.56. The van der Waals surface area contributed by atoms with Crippen LogP contribution in [0.15, 0.2) is 24.8 Å². The predicted molar refractivity (Wildman–Crippen MR) is 43.0 cm³/mol. The van der Waals surface area contributed by atoms with Crippen LogP contribution in [0, 0.1) is 0 Å². The third-order valence-electron chi connectivity index (χ3n) is 1.64. The highest BCUT2D eigenvalue weighted by atomic mass is 16.1. The van der Waals surface area contributed by atoms with Crippen LogP contribution in [0.1, 0.15) is 17.4 Å². The number of carbonyl (C=O) groups is 1. The summed E-state index contributed by atoms with van der Waals surface area (Å²) in [6.45, 7) is 1.49. The average molecular weight is 161 g/mol. The zero-order valence-electron chi connectivity index (χ0n) is 6.56. The van der Waals surface area contributed by atoms with Crippen molar-refractivity contribution in [3.8, 4) is 0 Å². The van der Waals surface area contributed by atoms with E-state index in [-0.39, 0.29) is 5.78 Å². The maximum Gasteiger partial charge on any atom is 0.179 e. The van der Waals surface area contributed by atoms with Crippen molar-refractivity contribution in [3.63, 3.8) is 0 Å². The summed E-state index contributed by atoms with van der Waals surface area (Å²) >= 11 is 0. The maximum absolute atomic E-state index is 10.9. The van der Waals surface area contributed by atoms with Gasteiger partial charge in [-0.1, -0.05) is 0 Å². The normalized spacial score (nSPS) is 10.4. The van der Waals surface area contributed by atoms with Gasteiger partial charge in [-0.25, -0.2) is 9.97 Å². The molecule has 0 aliphatic rings. The Morgan fingerprint density at radius 3 is 3.08 bits per heavy atom. The Balaban J connectivity index is 2.68. The van der Waals surface area contributed by atoms with Gasteiger partial charge in [0.25, 0.3) is 0 Å². The number of rotatable bonds is 1. The van der Waals surface area contributed by atoms with E-state index in [1.54, 1.807) is 29.2 Å². The van der Waals surface area contributed by atoms with Crippen LogP contribution >= 0.6 is 0 Å². The summed E-state index contributed by atoms with van der Waals surface area (Å²) in [4.78, 5) is 18.9. The van der Waals surface area contributed by atoms with Crippen molar-refractivity contribution in [3.05, 3.63) is 30.5 Å². The third-order valence-corrected chi connectivity index (χ3v) is 1.64. The Labute approximate surface area is 68.9 Å². The highest BCUT2D eigenvalue weighted by molar-refractivity contribution is 5.91. The van der Waals surface area contributed by atoms with E-state index in [9.17, 15) is 4.79 Å². The summed E-state index contributed by atoms with van der Waals surface area (Å²) in [5.41, 5.74) is 1.21. The maximum atomic E-state index is 10.9. The van der Waals surface area contributed by atoms with Crippen LogP contribution in [0.4, 0.5) is 0 Å². The molecule has 0 bridgehead atoms. The number of fused-ring (bicyclic) bond motifs is 1. The average Bonchev–Trinajstić information content (AvgIpc) is 2.49. The second-order valence-corrected chi connectivity index (χ2v) is 2.52. The lowest BCUT2D eigenvalue weighted by atomic mass is 10.3. The van der Waals surface area contributed by atoms with Gasteiger partial charge in [0, 0.05) is 25.5 Å². The van der Waals surface area contributed by atoms with Crippen molar-refractivity contribution in [1.29, 1.82) is 0 Å². The van der Waals surface area contributed by atoms with Crippen LogP contribution in [0.2, 0.25) is 0 Å². The first kappa shape index (κ1) is 6.97. The molecule has 0 atom stereocenters.